The Balaban J connectivity index is 4.12. The van der Waals surface area contributed by atoms with Gasteiger partial charge in [-0.3, -0.25) is 0 Å². The van der Waals surface area contributed by atoms with Crippen molar-refractivity contribution in [2.75, 3.05) is 13.1 Å². The summed E-state index contributed by atoms with van der Waals surface area (Å²) in [6, 6.07) is 0. The maximum Gasteiger partial charge on any atom is 0.703 e. The second kappa shape index (κ2) is 5.09. The van der Waals surface area contributed by atoms with Crippen molar-refractivity contribution in [2.45, 2.75) is 25.4 Å². The zero-order chi connectivity index (χ0) is 11.4. The van der Waals surface area contributed by atoms with Crippen LogP contribution in [0.25, 0.3) is 0 Å². The van der Waals surface area contributed by atoms with Crippen LogP contribution in [0, 0.1) is 0 Å². The van der Waals surface area contributed by atoms with E-state index in [0.29, 0.717) is 0 Å². The molecular formula is C6H16N2O5P+. The van der Waals surface area contributed by atoms with Crippen molar-refractivity contribution in [1.29, 1.82) is 0 Å². The Hall–Kier alpha value is -0.140. The first-order chi connectivity index (χ1) is 6.22. The second-order valence-electron chi connectivity index (χ2n) is 3.16. The number of aliphatic hydroxyl groups is 2. The molecule has 0 aromatic rings. The third kappa shape index (κ3) is 5.56. The van der Waals surface area contributed by atoms with E-state index in [1.54, 1.807) is 0 Å². The van der Waals surface area contributed by atoms with Crippen LogP contribution < -0.4 is 11.5 Å². The fourth-order valence-corrected chi connectivity index (χ4v) is 1.24. The molecule has 0 radical (unpaired) electrons. The van der Waals surface area contributed by atoms with E-state index >= 15 is 0 Å². The lowest BCUT2D eigenvalue weighted by Gasteiger charge is -2.15. The van der Waals surface area contributed by atoms with Crippen LogP contribution in [0.5, 0.6) is 0 Å². The average Bonchev–Trinajstić information content (AvgIpc) is 2.02. The highest BCUT2D eigenvalue weighted by molar-refractivity contribution is 7.33. The van der Waals surface area contributed by atoms with Crippen molar-refractivity contribution in [1.82, 2.24) is 0 Å². The van der Waals surface area contributed by atoms with Gasteiger partial charge in [0, 0.05) is 4.57 Å². The molecule has 0 heterocycles. The number of hydrogen-bond acceptors (Lipinski definition) is 7. The van der Waals surface area contributed by atoms with E-state index in [1.807, 2.05) is 0 Å². The van der Waals surface area contributed by atoms with Gasteiger partial charge in [0.1, 0.15) is 0 Å². The van der Waals surface area contributed by atoms with Crippen molar-refractivity contribution in [3.05, 3.63) is 0 Å². The molecular weight excluding hydrogens is 211 g/mol. The van der Waals surface area contributed by atoms with Crippen LogP contribution in [0.4, 0.5) is 0 Å². The van der Waals surface area contributed by atoms with Gasteiger partial charge >= 0.3 is 8.25 Å². The van der Waals surface area contributed by atoms with Gasteiger partial charge in [0.05, 0.1) is 13.1 Å². The fraction of sp³-hybridized carbons (Fsp3) is 1.00. The monoisotopic (exact) mass is 227 g/mol. The molecule has 0 bridgehead atoms. The standard InChI is InChI=1S/C6H16N2O5P/c1-5(9,3-7)12-14(11)13-6(2,10)4-8/h9-10H,3-4,7-8H2,1-2H3/q+1. The predicted molar refractivity (Wildman–Crippen MR) is 49.1 cm³/mol. The smallest absolute Gasteiger partial charge is 0.361 e. The van der Waals surface area contributed by atoms with Gasteiger partial charge in [-0.2, -0.15) is 0 Å². The number of nitrogens with two attached hydrogens (primary N) is 2. The summed E-state index contributed by atoms with van der Waals surface area (Å²) in [6.07, 6.45) is 0. The van der Waals surface area contributed by atoms with Crippen molar-refractivity contribution in [2.24, 2.45) is 11.5 Å². The van der Waals surface area contributed by atoms with Gasteiger partial charge in [-0.25, -0.2) is 0 Å². The molecule has 0 aromatic carbocycles. The van der Waals surface area contributed by atoms with Crippen LogP contribution in [0.2, 0.25) is 0 Å². The molecule has 2 unspecified atom stereocenters. The molecule has 0 aromatic heterocycles. The van der Waals surface area contributed by atoms with E-state index < -0.39 is 19.8 Å². The van der Waals surface area contributed by atoms with Gasteiger partial charge in [0.2, 0.25) is 11.6 Å². The van der Waals surface area contributed by atoms with Gasteiger partial charge < -0.3 is 21.7 Å². The zero-order valence-corrected chi connectivity index (χ0v) is 9.03. The first-order valence-electron chi connectivity index (χ1n) is 3.93. The topological polar surface area (TPSA) is 128 Å². The summed E-state index contributed by atoms with van der Waals surface area (Å²) in [6.45, 7) is 1.95. The zero-order valence-electron chi connectivity index (χ0n) is 8.14. The summed E-state index contributed by atoms with van der Waals surface area (Å²) in [7, 11) is -2.68. The maximum atomic E-state index is 11.1. The van der Waals surface area contributed by atoms with Crippen LogP contribution in [0.1, 0.15) is 13.8 Å². The summed E-state index contributed by atoms with van der Waals surface area (Å²) in [5.41, 5.74) is 10.2. The van der Waals surface area contributed by atoms with Crippen molar-refractivity contribution < 1.29 is 23.8 Å². The molecule has 2 atom stereocenters. The molecule has 0 saturated heterocycles. The van der Waals surface area contributed by atoms with E-state index in [9.17, 15) is 14.8 Å². The minimum atomic E-state index is -2.68. The van der Waals surface area contributed by atoms with Crippen LogP contribution in [-0.4, -0.2) is 34.9 Å². The molecule has 6 N–H and O–H groups in total. The number of rotatable bonds is 6. The molecule has 0 aliphatic heterocycles. The van der Waals surface area contributed by atoms with Crippen LogP contribution in [0.15, 0.2) is 0 Å². The Morgan fingerprint density at radius 1 is 1.14 bits per heavy atom. The lowest BCUT2D eigenvalue weighted by molar-refractivity contribution is -0.149. The highest BCUT2D eigenvalue weighted by Crippen LogP contribution is 2.33. The van der Waals surface area contributed by atoms with Crippen molar-refractivity contribution in [3.63, 3.8) is 0 Å². The summed E-state index contributed by atoms with van der Waals surface area (Å²) in [5.74, 6) is -3.50. The summed E-state index contributed by atoms with van der Waals surface area (Å²) >= 11 is 0. The quantitative estimate of drug-likeness (QED) is 0.339. The molecule has 0 aliphatic rings. The van der Waals surface area contributed by atoms with E-state index in [2.05, 4.69) is 9.05 Å². The Bertz CT molecular complexity index is 188. The van der Waals surface area contributed by atoms with E-state index in [0.717, 1.165) is 0 Å². The summed E-state index contributed by atoms with van der Waals surface area (Å²) < 4.78 is 20.1. The normalized spacial score (nSPS) is 21.1. The highest BCUT2D eigenvalue weighted by Gasteiger charge is 2.41. The van der Waals surface area contributed by atoms with Gasteiger partial charge in [0.15, 0.2) is 0 Å². The molecule has 0 rings (SSSR count). The minimum absolute atomic E-state index is 0.248. The van der Waals surface area contributed by atoms with Crippen molar-refractivity contribution in [3.8, 4) is 0 Å². The Labute approximate surface area is 82.9 Å². The van der Waals surface area contributed by atoms with Gasteiger partial charge in [-0.15, -0.1) is 0 Å². The summed E-state index contributed by atoms with van der Waals surface area (Å²) in [4.78, 5) is 0. The lowest BCUT2D eigenvalue weighted by Crippen LogP contribution is -2.38. The lowest BCUT2D eigenvalue weighted by atomic mass is 10.3. The molecule has 84 valence electrons. The van der Waals surface area contributed by atoms with Crippen LogP contribution >= 0.6 is 8.25 Å². The Kier molecular flexibility index (Phi) is 5.03. The number of hydrogen-bond donors (Lipinski definition) is 4. The van der Waals surface area contributed by atoms with Crippen LogP contribution in [-0.2, 0) is 13.6 Å². The predicted octanol–water partition coefficient (Wildman–Crippen LogP) is -0.989. The molecule has 0 fully saturated rings. The summed E-state index contributed by atoms with van der Waals surface area (Å²) in [5, 5.41) is 18.5. The van der Waals surface area contributed by atoms with Crippen molar-refractivity contribution >= 4 is 8.25 Å². The SMILES string of the molecule is CC(O)(CN)O[P+](=O)OC(C)(O)CN. The van der Waals surface area contributed by atoms with Gasteiger partial charge in [0.25, 0.3) is 0 Å². The van der Waals surface area contributed by atoms with Gasteiger partial charge in [-0.05, 0) is 13.8 Å². The second-order valence-corrected chi connectivity index (χ2v) is 3.98. The molecule has 0 amide bonds. The Morgan fingerprint density at radius 3 is 1.64 bits per heavy atom. The highest BCUT2D eigenvalue weighted by atomic mass is 31.1. The first-order valence-corrected chi connectivity index (χ1v) is 5.02. The third-order valence-corrected chi connectivity index (χ3v) is 2.38. The molecule has 14 heavy (non-hydrogen) atoms. The fourth-order valence-electron chi connectivity index (χ4n) is 0.414. The van der Waals surface area contributed by atoms with Gasteiger partial charge in [-0.1, -0.05) is 9.05 Å². The van der Waals surface area contributed by atoms with Crippen LogP contribution in [0.3, 0.4) is 0 Å². The average molecular weight is 227 g/mol. The maximum absolute atomic E-state index is 11.1. The Morgan fingerprint density at radius 2 is 1.43 bits per heavy atom. The third-order valence-electron chi connectivity index (χ3n) is 1.30. The molecule has 8 heteroatoms. The minimum Gasteiger partial charge on any atom is -0.361 e. The van der Waals surface area contributed by atoms with E-state index in [1.165, 1.54) is 13.8 Å². The molecule has 0 spiro atoms. The largest absolute Gasteiger partial charge is 0.703 e. The molecule has 0 aliphatic carbocycles. The van der Waals surface area contributed by atoms with E-state index in [4.69, 9.17) is 11.5 Å². The molecule has 7 nitrogen and oxygen atoms in total. The first kappa shape index (κ1) is 13.9. The molecule has 0 saturated carbocycles. The van der Waals surface area contributed by atoms with E-state index in [-0.39, 0.29) is 13.1 Å².